The largest absolute Gasteiger partial charge is 0.342 e. The van der Waals surface area contributed by atoms with E-state index >= 15 is 0 Å². The summed E-state index contributed by atoms with van der Waals surface area (Å²) >= 11 is 0. The van der Waals surface area contributed by atoms with Crippen LogP contribution in [-0.2, 0) is 16.0 Å². The van der Waals surface area contributed by atoms with E-state index in [1.54, 1.807) is 6.20 Å². The smallest absolute Gasteiger partial charge is 0.227 e. The second-order valence-corrected chi connectivity index (χ2v) is 7.95. The minimum Gasteiger partial charge on any atom is -0.342 e. The maximum absolute atomic E-state index is 13.4. The van der Waals surface area contributed by atoms with Crippen LogP contribution in [0.1, 0.15) is 44.2 Å². The number of amides is 2. The fourth-order valence-electron chi connectivity index (χ4n) is 4.68. The van der Waals surface area contributed by atoms with E-state index in [0.29, 0.717) is 32.4 Å². The first-order valence-electron chi connectivity index (χ1n) is 10.3. The van der Waals surface area contributed by atoms with E-state index in [1.165, 1.54) is 0 Å². The third-order valence-electron chi connectivity index (χ3n) is 6.12. The summed E-state index contributed by atoms with van der Waals surface area (Å²) in [5, 5.41) is 0. The van der Waals surface area contributed by atoms with Crippen molar-refractivity contribution < 1.29 is 9.59 Å². The van der Waals surface area contributed by atoms with E-state index in [-0.39, 0.29) is 23.3 Å². The highest BCUT2D eigenvalue weighted by Gasteiger charge is 2.44. The molecule has 1 aromatic heterocycles. The van der Waals surface area contributed by atoms with E-state index in [9.17, 15) is 9.59 Å². The van der Waals surface area contributed by atoms with Crippen LogP contribution in [-0.4, -0.2) is 51.8 Å². The Bertz CT molecular complexity index is 706. The molecule has 2 aliphatic rings. The Morgan fingerprint density at radius 3 is 2.75 bits per heavy atom. The normalized spacial score (nSPS) is 21.6. The number of carbonyl (C=O) groups excluding carboxylic acids is 2. The summed E-state index contributed by atoms with van der Waals surface area (Å²) in [5.41, 5.74) is 0.792. The fraction of sp³-hybridized carbons (Fsp3) is 0.522. The van der Waals surface area contributed by atoms with Gasteiger partial charge in [0.15, 0.2) is 0 Å². The second-order valence-electron chi connectivity index (χ2n) is 7.95. The maximum Gasteiger partial charge on any atom is 0.227 e. The molecule has 0 spiro atoms. The lowest BCUT2D eigenvalue weighted by Crippen LogP contribution is -2.53. The molecule has 0 unspecified atom stereocenters. The Morgan fingerprint density at radius 1 is 1.29 bits per heavy atom. The van der Waals surface area contributed by atoms with E-state index in [2.05, 4.69) is 23.0 Å². The van der Waals surface area contributed by atoms with Crippen LogP contribution in [0.15, 0.2) is 49.7 Å². The van der Waals surface area contributed by atoms with Crippen LogP contribution in [0.25, 0.3) is 0 Å². The van der Waals surface area contributed by atoms with Crippen molar-refractivity contribution in [1.82, 2.24) is 14.8 Å². The maximum atomic E-state index is 13.4. The molecule has 1 atom stereocenters. The van der Waals surface area contributed by atoms with Crippen molar-refractivity contribution in [2.45, 2.75) is 50.5 Å². The number of likely N-dealkylation sites (tertiary alicyclic amines) is 2. The SMILES string of the molecule is C=CCC1(CC=C)CCCN1C(=O)[C@@H]1CCC(=O)N(CCc2ccccn2)C1. The standard InChI is InChI=1S/C23H31N3O2/c1-3-12-23(13-4-2)14-7-16-26(23)22(28)19-9-10-21(27)25(18-19)17-11-20-8-5-6-15-24-20/h3-6,8,15,19H,1-2,7,9-14,16-18H2/t19-/m1/s1. The Kier molecular flexibility index (Phi) is 6.65. The van der Waals surface area contributed by atoms with Gasteiger partial charge in [0.25, 0.3) is 0 Å². The first-order valence-corrected chi connectivity index (χ1v) is 10.3. The molecule has 5 nitrogen and oxygen atoms in total. The van der Waals surface area contributed by atoms with Gasteiger partial charge in [0.1, 0.15) is 0 Å². The molecule has 3 rings (SSSR count). The Hall–Kier alpha value is -2.43. The van der Waals surface area contributed by atoms with Crippen molar-refractivity contribution in [3.05, 3.63) is 55.4 Å². The van der Waals surface area contributed by atoms with Crippen LogP contribution < -0.4 is 0 Å². The second kappa shape index (κ2) is 9.18. The number of pyridine rings is 1. The Labute approximate surface area is 168 Å². The minimum absolute atomic E-state index is 0.117. The molecule has 0 saturated carbocycles. The molecule has 0 aromatic carbocycles. The average molecular weight is 382 g/mol. The molecule has 0 N–H and O–H groups in total. The molecule has 28 heavy (non-hydrogen) atoms. The molecule has 2 fully saturated rings. The van der Waals surface area contributed by atoms with Crippen molar-refractivity contribution in [3.8, 4) is 0 Å². The van der Waals surface area contributed by atoms with Gasteiger partial charge in [-0.05, 0) is 44.2 Å². The monoisotopic (exact) mass is 381 g/mol. The highest BCUT2D eigenvalue weighted by Crippen LogP contribution is 2.38. The van der Waals surface area contributed by atoms with E-state index < -0.39 is 0 Å². The third kappa shape index (κ3) is 4.34. The van der Waals surface area contributed by atoms with Gasteiger partial charge in [-0.2, -0.15) is 0 Å². The number of rotatable bonds is 8. The zero-order valence-electron chi connectivity index (χ0n) is 16.7. The topological polar surface area (TPSA) is 53.5 Å². The summed E-state index contributed by atoms with van der Waals surface area (Å²) in [6.07, 6.45) is 11.0. The third-order valence-corrected chi connectivity index (χ3v) is 6.12. The van der Waals surface area contributed by atoms with Crippen LogP contribution in [0.4, 0.5) is 0 Å². The predicted octanol–water partition coefficient (Wildman–Crippen LogP) is 3.38. The molecule has 0 aliphatic carbocycles. The average Bonchev–Trinajstić information content (AvgIpc) is 3.11. The van der Waals surface area contributed by atoms with Crippen LogP contribution in [0, 0.1) is 5.92 Å². The lowest BCUT2D eigenvalue weighted by atomic mass is 9.86. The van der Waals surface area contributed by atoms with Gasteiger partial charge in [0.2, 0.25) is 11.8 Å². The first-order chi connectivity index (χ1) is 13.6. The summed E-state index contributed by atoms with van der Waals surface area (Å²) in [6, 6.07) is 5.82. The Balaban J connectivity index is 1.66. The van der Waals surface area contributed by atoms with E-state index in [1.807, 2.05) is 35.3 Å². The van der Waals surface area contributed by atoms with Gasteiger partial charge in [0.05, 0.1) is 5.92 Å². The van der Waals surface area contributed by atoms with Crippen molar-refractivity contribution >= 4 is 11.8 Å². The number of aromatic nitrogens is 1. The molecule has 150 valence electrons. The summed E-state index contributed by atoms with van der Waals surface area (Å²) in [4.78, 5) is 34.0. The molecule has 0 bridgehead atoms. The lowest BCUT2D eigenvalue weighted by Gasteiger charge is -2.41. The highest BCUT2D eigenvalue weighted by atomic mass is 16.2. The van der Waals surface area contributed by atoms with Gasteiger partial charge >= 0.3 is 0 Å². The summed E-state index contributed by atoms with van der Waals surface area (Å²) in [7, 11) is 0. The molecule has 0 radical (unpaired) electrons. The minimum atomic E-state index is -0.180. The summed E-state index contributed by atoms with van der Waals surface area (Å²) in [5.74, 6) is 0.218. The zero-order valence-corrected chi connectivity index (χ0v) is 16.7. The van der Waals surface area contributed by atoms with E-state index in [4.69, 9.17) is 0 Å². The fourth-order valence-corrected chi connectivity index (χ4v) is 4.68. The molecule has 1 aromatic rings. The highest BCUT2D eigenvalue weighted by molar-refractivity contribution is 5.84. The molecular formula is C23H31N3O2. The number of hydrogen-bond acceptors (Lipinski definition) is 3. The molecule has 3 heterocycles. The number of hydrogen-bond donors (Lipinski definition) is 0. The van der Waals surface area contributed by atoms with Crippen molar-refractivity contribution in [2.24, 2.45) is 5.92 Å². The van der Waals surface area contributed by atoms with Gasteiger partial charge in [0, 0.05) is 49.9 Å². The van der Waals surface area contributed by atoms with Crippen molar-refractivity contribution in [2.75, 3.05) is 19.6 Å². The van der Waals surface area contributed by atoms with Crippen LogP contribution in [0.3, 0.4) is 0 Å². The molecule has 2 aliphatic heterocycles. The summed E-state index contributed by atoms with van der Waals surface area (Å²) < 4.78 is 0. The molecule has 2 saturated heterocycles. The van der Waals surface area contributed by atoms with Gasteiger partial charge < -0.3 is 9.80 Å². The lowest BCUT2D eigenvalue weighted by molar-refractivity contribution is -0.145. The van der Waals surface area contributed by atoms with Gasteiger partial charge in [-0.15, -0.1) is 13.2 Å². The van der Waals surface area contributed by atoms with Crippen LogP contribution >= 0.6 is 0 Å². The molecule has 5 heteroatoms. The van der Waals surface area contributed by atoms with Gasteiger partial charge in [-0.3, -0.25) is 14.6 Å². The number of piperidine rings is 1. The van der Waals surface area contributed by atoms with E-state index in [0.717, 1.165) is 37.9 Å². The van der Waals surface area contributed by atoms with Crippen LogP contribution in [0.2, 0.25) is 0 Å². The number of carbonyl (C=O) groups is 2. The first kappa shape index (κ1) is 20.3. The zero-order chi connectivity index (χ0) is 20.0. The van der Waals surface area contributed by atoms with Crippen molar-refractivity contribution in [3.63, 3.8) is 0 Å². The van der Waals surface area contributed by atoms with Crippen molar-refractivity contribution in [1.29, 1.82) is 0 Å². The summed E-state index contributed by atoms with van der Waals surface area (Å²) in [6.45, 7) is 9.72. The Morgan fingerprint density at radius 2 is 2.07 bits per heavy atom. The van der Waals surface area contributed by atoms with Gasteiger partial charge in [-0.1, -0.05) is 18.2 Å². The molecule has 2 amide bonds. The predicted molar refractivity (Wildman–Crippen MR) is 111 cm³/mol. The molecular weight excluding hydrogens is 350 g/mol. The van der Waals surface area contributed by atoms with Crippen LogP contribution in [0.5, 0.6) is 0 Å². The van der Waals surface area contributed by atoms with Gasteiger partial charge in [-0.25, -0.2) is 0 Å². The quantitative estimate of drug-likeness (QED) is 0.649. The number of nitrogens with zero attached hydrogens (tertiary/aromatic N) is 3.